The Morgan fingerprint density at radius 1 is 1.15 bits per heavy atom. The zero-order valence-corrected chi connectivity index (χ0v) is 17.6. The SMILES string of the molecule is CC1=C(CC(C(=O)O)C(=O)O)[C@@H](c2ccc(C#N)cc2)NC(=O)N1c1cccc(C(F)(F)F)c1. The van der Waals surface area contributed by atoms with Crippen LogP contribution in [0.5, 0.6) is 0 Å². The van der Waals surface area contributed by atoms with Crippen LogP contribution in [-0.2, 0) is 15.8 Å². The minimum absolute atomic E-state index is 0.102. The average molecular weight is 473 g/mol. The van der Waals surface area contributed by atoms with Gasteiger partial charge in [-0.2, -0.15) is 18.4 Å². The van der Waals surface area contributed by atoms with Crippen molar-refractivity contribution in [2.24, 2.45) is 5.92 Å². The van der Waals surface area contributed by atoms with Crippen LogP contribution in [0.15, 0.2) is 59.8 Å². The smallest absolute Gasteiger partial charge is 0.416 e. The van der Waals surface area contributed by atoms with Crippen molar-refractivity contribution in [3.05, 3.63) is 76.5 Å². The van der Waals surface area contributed by atoms with Crippen LogP contribution in [0.4, 0.5) is 23.7 Å². The number of carbonyl (C=O) groups excluding carboxylic acids is 1. The van der Waals surface area contributed by atoms with E-state index in [2.05, 4.69) is 5.32 Å². The van der Waals surface area contributed by atoms with Gasteiger partial charge in [0, 0.05) is 5.70 Å². The molecule has 0 saturated heterocycles. The van der Waals surface area contributed by atoms with Crippen molar-refractivity contribution in [2.75, 3.05) is 4.90 Å². The van der Waals surface area contributed by atoms with E-state index >= 15 is 0 Å². The van der Waals surface area contributed by atoms with Gasteiger partial charge in [-0.3, -0.25) is 14.5 Å². The van der Waals surface area contributed by atoms with E-state index in [1.807, 2.05) is 6.07 Å². The lowest BCUT2D eigenvalue weighted by atomic mass is 9.87. The first-order chi connectivity index (χ1) is 15.9. The first kappa shape index (κ1) is 24.3. The molecule has 2 amide bonds. The number of anilines is 1. The van der Waals surface area contributed by atoms with E-state index in [-0.39, 0.29) is 17.0 Å². The maximum absolute atomic E-state index is 13.2. The zero-order chi connectivity index (χ0) is 25.2. The maximum Gasteiger partial charge on any atom is 0.416 e. The number of alkyl halides is 3. The molecule has 0 bridgehead atoms. The highest BCUT2D eigenvalue weighted by Crippen LogP contribution is 2.38. The normalized spacial score (nSPS) is 16.3. The number of amides is 2. The van der Waals surface area contributed by atoms with E-state index < -0.39 is 48.1 Å². The Balaban J connectivity index is 2.16. The minimum atomic E-state index is -4.66. The standard InChI is InChI=1S/C23H18F3N3O5/c1-12-17(10-18(20(30)31)21(32)33)19(14-7-5-13(11-27)6-8-14)28-22(34)29(12)16-4-2-3-15(9-16)23(24,25)26/h2-9,18-19H,10H2,1H3,(H,28,34)(H,30,31)(H,32,33)/t19-/m1/s1. The van der Waals surface area contributed by atoms with Gasteiger partial charge in [0.1, 0.15) is 0 Å². The molecule has 1 atom stereocenters. The number of allylic oxidation sites excluding steroid dienone is 1. The number of hydrogen-bond donors (Lipinski definition) is 3. The predicted molar refractivity (Wildman–Crippen MR) is 112 cm³/mol. The Morgan fingerprint density at radius 3 is 2.29 bits per heavy atom. The molecule has 0 aromatic heterocycles. The highest BCUT2D eigenvalue weighted by molar-refractivity contribution is 5.98. The molecule has 176 valence electrons. The number of urea groups is 1. The van der Waals surface area contributed by atoms with Crippen molar-refractivity contribution in [3.63, 3.8) is 0 Å². The fourth-order valence-electron chi connectivity index (χ4n) is 3.71. The molecule has 2 aromatic carbocycles. The largest absolute Gasteiger partial charge is 0.481 e. The number of nitrogens with one attached hydrogen (secondary N) is 1. The first-order valence-electron chi connectivity index (χ1n) is 9.87. The predicted octanol–water partition coefficient (Wildman–Crippen LogP) is 4.30. The molecule has 1 aliphatic rings. The van der Waals surface area contributed by atoms with Crippen molar-refractivity contribution in [2.45, 2.75) is 25.6 Å². The Kier molecular flexibility index (Phi) is 6.63. The van der Waals surface area contributed by atoms with Gasteiger partial charge in [-0.05, 0) is 54.8 Å². The van der Waals surface area contributed by atoms with Crippen LogP contribution in [0.25, 0.3) is 0 Å². The number of halogens is 3. The molecule has 0 saturated carbocycles. The van der Waals surface area contributed by atoms with Gasteiger partial charge in [0.15, 0.2) is 5.92 Å². The minimum Gasteiger partial charge on any atom is -0.481 e. The summed E-state index contributed by atoms with van der Waals surface area (Å²) in [5, 5.41) is 30.4. The molecule has 0 spiro atoms. The molecule has 0 radical (unpaired) electrons. The molecule has 0 aliphatic carbocycles. The van der Waals surface area contributed by atoms with E-state index in [0.717, 1.165) is 23.1 Å². The van der Waals surface area contributed by atoms with Gasteiger partial charge in [-0.1, -0.05) is 18.2 Å². The van der Waals surface area contributed by atoms with Crippen LogP contribution in [0.3, 0.4) is 0 Å². The van der Waals surface area contributed by atoms with Crippen LogP contribution in [0.2, 0.25) is 0 Å². The number of carbonyl (C=O) groups is 3. The fourth-order valence-corrected chi connectivity index (χ4v) is 3.71. The highest BCUT2D eigenvalue weighted by Gasteiger charge is 2.38. The molecule has 3 N–H and O–H groups in total. The maximum atomic E-state index is 13.2. The molecular formula is C23H18F3N3O5. The lowest BCUT2D eigenvalue weighted by Gasteiger charge is -2.37. The third kappa shape index (κ3) is 4.85. The molecular weight excluding hydrogens is 455 g/mol. The van der Waals surface area contributed by atoms with E-state index in [1.54, 1.807) is 0 Å². The van der Waals surface area contributed by atoms with Gasteiger partial charge in [-0.25, -0.2) is 4.79 Å². The van der Waals surface area contributed by atoms with Crippen LogP contribution < -0.4 is 10.2 Å². The fraction of sp³-hybridized carbons (Fsp3) is 0.217. The van der Waals surface area contributed by atoms with Crippen molar-refractivity contribution in [3.8, 4) is 6.07 Å². The molecule has 0 fully saturated rings. The topological polar surface area (TPSA) is 131 Å². The summed E-state index contributed by atoms with van der Waals surface area (Å²) < 4.78 is 39.6. The molecule has 34 heavy (non-hydrogen) atoms. The Morgan fingerprint density at radius 2 is 1.76 bits per heavy atom. The average Bonchev–Trinajstić information content (AvgIpc) is 2.77. The van der Waals surface area contributed by atoms with Gasteiger partial charge < -0.3 is 15.5 Å². The molecule has 3 rings (SSSR count). The lowest BCUT2D eigenvalue weighted by Crippen LogP contribution is -2.47. The molecule has 11 heteroatoms. The summed E-state index contributed by atoms with van der Waals surface area (Å²) >= 11 is 0. The summed E-state index contributed by atoms with van der Waals surface area (Å²) in [6.07, 6.45) is -5.18. The van der Waals surface area contributed by atoms with Gasteiger partial charge in [0.25, 0.3) is 0 Å². The molecule has 1 heterocycles. The number of nitrogens with zero attached hydrogens (tertiary/aromatic N) is 2. The summed E-state index contributed by atoms with van der Waals surface area (Å²) in [7, 11) is 0. The summed E-state index contributed by atoms with van der Waals surface area (Å²) in [5.74, 6) is -5.06. The second-order valence-corrected chi connectivity index (χ2v) is 7.54. The van der Waals surface area contributed by atoms with Crippen LogP contribution in [0, 0.1) is 17.2 Å². The third-order valence-electron chi connectivity index (χ3n) is 5.44. The Bertz CT molecular complexity index is 1200. The van der Waals surface area contributed by atoms with Crippen molar-refractivity contribution in [1.82, 2.24) is 5.32 Å². The summed E-state index contributed by atoms with van der Waals surface area (Å²) in [5.41, 5.74) is -0.0489. The molecule has 0 unspecified atom stereocenters. The van der Waals surface area contributed by atoms with Gasteiger partial charge in [-0.15, -0.1) is 0 Å². The highest BCUT2D eigenvalue weighted by atomic mass is 19.4. The van der Waals surface area contributed by atoms with Crippen LogP contribution >= 0.6 is 0 Å². The third-order valence-corrected chi connectivity index (χ3v) is 5.44. The van der Waals surface area contributed by atoms with Crippen molar-refractivity contribution < 1.29 is 37.8 Å². The van der Waals surface area contributed by atoms with Crippen molar-refractivity contribution >= 4 is 23.7 Å². The second kappa shape index (κ2) is 9.27. The lowest BCUT2D eigenvalue weighted by molar-refractivity contribution is -0.154. The first-order valence-corrected chi connectivity index (χ1v) is 9.87. The van der Waals surface area contributed by atoms with Gasteiger partial charge in [0.2, 0.25) is 0 Å². The van der Waals surface area contributed by atoms with Gasteiger partial charge >= 0.3 is 24.1 Å². The molecule has 8 nitrogen and oxygen atoms in total. The van der Waals surface area contributed by atoms with Gasteiger partial charge in [0.05, 0.1) is 28.9 Å². The molecule has 1 aliphatic heterocycles. The number of nitriles is 1. The zero-order valence-electron chi connectivity index (χ0n) is 17.6. The number of carboxylic acid groups (broad SMARTS) is 2. The van der Waals surface area contributed by atoms with Crippen molar-refractivity contribution in [1.29, 1.82) is 5.26 Å². The summed E-state index contributed by atoms with van der Waals surface area (Å²) in [6.45, 7) is 1.41. The molecule has 2 aromatic rings. The Hall–Kier alpha value is -4.33. The van der Waals surface area contributed by atoms with E-state index in [4.69, 9.17) is 5.26 Å². The second-order valence-electron chi connectivity index (χ2n) is 7.54. The summed E-state index contributed by atoms with van der Waals surface area (Å²) in [6, 6.07) is 10.2. The van der Waals surface area contributed by atoms with E-state index in [0.29, 0.717) is 11.1 Å². The van der Waals surface area contributed by atoms with E-state index in [1.165, 1.54) is 37.3 Å². The Labute approximate surface area is 191 Å². The number of hydrogen-bond acceptors (Lipinski definition) is 4. The van der Waals surface area contributed by atoms with Crippen LogP contribution in [-0.4, -0.2) is 28.2 Å². The van der Waals surface area contributed by atoms with Crippen LogP contribution in [0.1, 0.15) is 36.1 Å². The number of aliphatic carboxylic acids is 2. The van der Waals surface area contributed by atoms with E-state index in [9.17, 15) is 37.8 Å². The number of rotatable bonds is 6. The number of carboxylic acids is 2. The monoisotopic (exact) mass is 473 g/mol. The quantitative estimate of drug-likeness (QED) is 0.537. The summed E-state index contributed by atoms with van der Waals surface area (Å²) in [4.78, 5) is 37.0. The number of benzene rings is 2.